The fraction of sp³-hybridized carbons (Fsp3) is 0.217. The number of carbonyl (C=O) groups excluding carboxylic acids is 1. The summed E-state index contributed by atoms with van der Waals surface area (Å²) in [5.41, 5.74) is 3.59. The summed E-state index contributed by atoms with van der Waals surface area (Å²) in [5.74, 6) is -0.856. The fourth-order valence-corrected chi connectivity index (χ4v) is 4.05. The molecule has 4 rings (SSSR count). The number of carbonyl (C=O) groups is 1. The minimum absolute atomic E-state index is 0.0400. The fourth-order valence-electron chi connectivity index (χ4n) is 3.37. The van der Waals surface area contributed by atoms with Gasteiger partial charge in [-0.25, -0.2) is 15.0 Å². The number of hydrogen-bond donors (Lipinski definition) is 2. The number of aliphatic hydroxyl groups excluding tert-OH is 1. The van der Waals surface area contributed by atoms with Crippen LogP contribution in [0.4, 0.5) is 9.52 Å². The maximum atomic E-state index is 13.4. The topological polar surface area (TPSA) is 97.9 Å². The van der Waals surface area contributed by atoms with Crippen molar-refractivity contribution in [2.24, 2.45) is 0 Å². The molecule has 0 bridgehead atoms. The SMILES string of the molecule is Cc1c(C=Cc2csc(NC(=O)c3cccn3Cc3ccnc(F)c3)n2)ncn1C(C)CO. The summed E-state index contributed by atoms with van der Waals surface area (Å²) in [7, 11) is 0. The average molecular weight is 467 g/mol. The van der Waals surface area contributed by atoms with Crippen LogP contribution in [-0.2, 0) is 6.54 Å². The number of nitrogens with zero attached hydrogens (tertiary/aromatic N) is 5. The van der Waals surface area contributed by atoms with Gasteiger partial charge in [-0.2, -0.15) is 4.39 Å². The highest BCUT2D eigenvalue weighted by Gasteiger charge is 2.14. The first kappa shape index (κ1) is 22.6. The van der Waals surface area contributed by atoms with Gasteiger partial charge in [-0.05, 0) is 55.8 Å². The molecule has 0 aliphatic heterocycles. The molecule has 4 heterocycles. The van der Waals surface area contributed by atoms with Gasteiger partial charge in [-0.1, -0.05) is 0 Å². The first-order valence-electron chi connectivity index (χ1n) is 10.3. The molecule has 8 nitrogen and oxygen atoms in total. The average Bonchev–Trinajstić information content (AvgIpc) is 3.52. The number of rotatable bonds is 8. The lowest BCUT2D eigenvalue weighted by Gasteiger charge is -2.11. The molecular weight excluding hydrogens is 443 g/mol. The van der Waals surface area contributed by atoms with Gasteiger partial charge < -0.3 is 14.2 Å². The van der Waals surface area contributed by atoms with E-state index in [1.165, 1.54) is 23.6 Å². The molecule has 4 aromatic heterocycles. The van der Waals surface area contributed by atoms with E-state index in [2.05, 4.69) is 20.3 Å². The molecule has 0 aliphatic rings. The zero-order chi connectivity index (χ0) is 23.4. The van der Waals surface area contributed by atoms with Gasteiger partial charge >= 0.3 is 0 Å². The van der Waals surface area contributed by atoms with Gasteiger partial charge in [0.05, 0.1) is 30.4 Å². The van der Waals surface area contributed by atoms with Gasteiger partial charge in [0.1, 0.15) is 5.69 Å². The summed E-state index contributed by atoms with van der Waals surface area (Å²) < 4.78 is 17.0. The zero-order valence-corrected chi connectivity index (χ0v) is 19.0. The zero-order valence-electron chi connectivity index (χ0n) is 18.1. The maximum Gasteiger partial charge on any atom is 0.274 e. The number of imidazole rings is 1. The number of anilines is 1. The third-order valence-electron chi connectivity index (χ3n) is 5.18. The van der Waals surface area contributed by atoms with Gasteiger partial charge in [0.2, 0.25) is 5.95 Å². The second-order valence-electron chi connectivity index (χ2n) is 7.53. The lowest BCUT2D eigenvalue weighted by molar-refractivity contribution is 0.101. The van der Waals surface area contributed by atoms with E-state index in [9.17, 15) is 14.3 Å². The Hall–Kier alpha value is -3.63. The van der Waals surface area contributed by atoms with Crippen molar-refractivity contribution in [1.29, 1.82) is 0 Å². The predicted molar refractivity (Wildman–Crippen MR) is 125 cm³/mol. The van der Waals surface area contributed by atoms with Crippen LogP contribution in [0.3, 0.4) is 0 Å². The molecule has 0 aliphatic carbocycles. The Morgan fingerprint density at radius 3 is 2.97 bits per heavy atom. The molecule has 0 saturated carbocycles. The summed E-state index contributed by atoms with van der Waals surface area (Å²) in [6, 6.07) is 6.47. The van der Waals surface area contributed by atoms with Crippen LogP contribution in [-0.4, -0.2) is 41.7 Å². The largest absolute Gasteiger partial charge is 0.394 e. The Balaban J connectivity index is 1.42. The van der Waals surface area contributed by atoms with Crippen molar-refractivity contribution in [3.63, 3.8) is 0 Å². The van der Waals surface area contributed by atoms with Crippen LogP contribution in [0.25, 0.3) is 12.2 Å². The van der Waals surface area contributed by atoms with E-state index in [4.69, 9.17) is 0 Å². The molecule has 1 amide bonds. The van der Waals surface area contributed by atoms with Gasteiger partial charge in [-0.15, -0.1) is 11.3 Å². The van der Waals surface area contributed by atoms with Crippen LogP contribution in [0.1, 0.15) is 46.1 Å². The van der Waals surface area contributed by atoms with E-state index in [0.717, 1.165) is 11.4 Å². The number of nitrogens with one attached hydrogen (secondary N) is 1. The normalized spacial score (nSPS) is 12.4. The molecule has 0 aromatic carbocycles. The number of thiazole rings is 1. The standard InChI is InChI=1S/C23H23FN6O2S/c1-15(12-31)30-14-26-19(16(30)2)6-5-18-13-33-23(27-18)28-22(32)20-4-3-9-29(20)11-17-7-8-25-21(24)10-17/h3-10,13-15,31H,11-12H2,1-2H3,(H,27,28,32). The molecule has 1 unspecified atom stereocenters. The number of hydrogen-bond acceptors (Lipinski definition) is 6. The Morgan fingerprint density at radius 2 is 2.18 bits per heavy atom. The van der Waals surface area contributed by atoms with Crippen LogP contribution in [0.5, 0.6) is 0 Å². The molecule has 1 atom stereocenters. The Morgan fingerprint density at radius 1 is 1.33 bits per heavy atom. The number of amides is 1. The lowest BCUT2D eigenvalue weighted by Crippen LogP contribution is -2.17. The van der Waals surface area contributed by atoms with Crippen molar-refractivity contribution in [1.82, 2.24) is 24.1 Å². The lowest BCUT2D eigenvalue weighted by atomic mass is 10.2. The van der Waals surface area contributed by atoms with E-state index in [1.807, 2.05) is 35.9 Å². The molecule has 4 aromatic rings. The van der Waals surface area contributed by atoms with Crippen molar-refractivity contribution < 1.29 is 14.3 Å². The van der Waals surface area contributed by atoms with Gasteiger partial charge in [0, 0.05) is 30.0 Å². The van der Waals surface area contributed by atoms with E-state index < -0.39 is 5.95 Å². The minimum Gasteiger partial charge on any atom is -0.394 e. The number of aromatic nitrogens is 5. The number of halogens is 1. The van der Waals surface area contributed by atoms with E-state index in [-0.39, 0.29) is 18.6 Å². The van der Waals surface area contributed by atoms with Crippen LogP contribution >= 0.6 is 11.3 Å². The van der Waals surface area contributed by atoms with Crippen molar-refractivity contribution in [2.45, 2.75) is 26.4 Å². The third-order valence-corrected chi connectivity index (χ3v) is 5.95. The molecule has 2 N–H and O–H groups in total. The summed E-state index contributed by atoms with van der Waals surface area (Å²) in [6.45, 7) is 4.25. The van der Waals surface area contributed by atoms with Gasteiger partial charge in [0.25, 0.3) is 5.91 Å². The molecule has 0 spiro atoms. The van der Waals surface area contributed by atoms with E-state index >= 15 is 0 Å². The van der Waals surface area contributed by atoms with Crippen molar-refractivity contribution >= 4 is 34.5 Å². The van der Waals surface area contributed by atoms with Gasteiger partial charge in [0.15, 0.2) is 5.13 Å². The minimum atomic E-state index is -0.557. The highest BCUT2D eigenvalue weighted by molar-refractivity contribution is 7.14. The van der Waals surface area contributed by atoms with Crippen LogP contribution in [0.2, 0.25) is 0 Å². The monoisotopic (exact) mass is 466 g/mol. The molecule has 170 valence electrons. The Bertz CT molecular complexity index is 1290. The quantitative estimate of drug-likeness (QED) is 0.383. The third kappa shape index (κ3) is 5.24. The first-order valence-corrected chi connectivity index (χ1v) is 11.2. The Labute approximate surface area is 194 Å². The highest BCUT2D eigenvalue weighted by atomic mass is 32.1. The summed E-state index contributed by atoms with van der Waals surface area (Å²) >= 11 is 1.32. The van der Waals surface area contributed by atoms with E-state index in [0.29, 0.717) is 28.6 Å². The van der Waals surface area contributed by atoms with E-state index in [1.54, 1.807) is 35.3 Å². The maximum absolute atomic E-state index is 13.4. The van der Waals surface area contributed by atoms with Crippen molar-refractivity contribution in [3.8, 4) is 0 Å². The van der Waals surface area contributed by atoms with Gasteiger partial charge in [-0.3, -0.25) is 10.1 Å². The number of aliphatic hydroxyl groups is 1. The summed E-state index contributed by atoms with van der Waals surface area (Å²) in [4.78, 5) is 25.2. The molecule has 0 radical (unpaired) electrons. The number of pyridine rings is 1. The summed E-state index contributed by atoms with van der Waals surface area (Å²) in [6.07, 6.45) is 8.56. The molecule has 0 saturated heterocycles. The first-order chi connectivity index (χ1) is 15.9. The Kier molecular flexibility index (Phi) is 6.76. The molecule has 10 heteroatoms. The van der Waals surface area contributed by atoms with Crippen molar-refractivity contribution in [3.05, 3.63) is 82.7 Å². The van der Waals surface area contributed by atoms with Crippen LogP contribution in [0, 0.1) is 12.9 Å². The van der Waals surface area contributed by atoms with Crippen LogP contribution < -0.4 is 5.32 Å². The smallest absolute Gasteiger partial charge is 0.274 e. The van der Waals surface area contributed by atoms with Crippen molar-refractivity contribution in [2.75, 3.05) is 11.9 Å². The highest BCUT2D eigenvalue weighted by Crippen LogP contribution is 2.20. The molecule has 33 heavy (non-hydrogen) atoms. The van der Waals surface area contributed by atoms with Crippen LogP contribution in [0.15, 0.2) is 48.4 Å². The molecule has 0 fully saturated rings. The second kappa shape index (κ2) is 9.88. The molecular formula is C23H23FN6O2S. The summed E-state index contributed by atoms with van der Waals surface area (Å²) in [5, 5.41) is 14.5. The predicted octanol–water partition coefficient (Wildman–Crippen LogP) is 4.01. The second-order valence-corrected chi connectivity index (χ2v) is 8.39.